The molecule has 0 aromatic heterocycles. The molecular weight excluding hydrogens is 412 g/mol. The molecule has 0 aliphatic carbocycles. The van der Waals surface area contributed by atoms with Gasteiger partial charge in [0.2, 0.25) is 6.29 Å². The molecule has 31 heavy (non-hydrogen) atoms. The van der Waals surface area contributed by atoms with Crippen molar-refractivity contribution in [2.75, 3.05) is 0 Å². The Morgan fingerprint density at radius 1 is 0.903 bits per heavy atom. The van der Waals surface area contributed by atoms with Crippen LogP contribution in [0.5, 0.6) is 17.2 Å². The van der Waals surface area contributed by atoms with Crippen molar-refractivity contribution in [2.45, 2.75) is 43.5 Å². The van der Waals surface area contributed by atoms with Gasteiger partial charge in [0.25, 0.3) is 0 Å². The van der Waals surface area contributed by atoms with E-state index in [0.717, 1.165) is 0 Å². The highest BCUT2D eigenvalue weighted by atomic mass is 16.7. The fourth-order valence-electron chi connectivity index (χ4n) is 3.00. The summed E-state index contributed by atoms with van der Waals surface area (Å²) in [5, 5.41) is 47.8. The zero-order chi connectivity index (χ0) is 22.7. The van der Waals surface area contributed by atoms with E-state index in [0.29, 0.717) is 17.1 Å². The Kier molecular flexibility index (Phi) is 6.76. The minimum atomic E-state index is -1.80. The van der Waals surface area contributed by atoms with Crippen LogP contribution in [0, 0.1) is 0 Å². The lowest BCUT2D eigenvalue weighted by Gasteiger charge is -2.38. The van der Waals surface area contributed by atoms with Crippen molar-refractivity contribution < 1.29 is 49.3 Å². The van der Waals surface area contributed by atoms with Crippen LogP contribution in [0.4, 0.5) is 0 Å². The Bertz CT molecular complexity index is 928. The summed E-state index contributed by atoms with van der Waals surface area (Å²) in [5.74, 6) is -2.10. The Balaban J connectivity index is 1.67. The highest BCUT2D eigenvalue weighted by Crippen LogP contribution is 2.29. The number of aliphatic hydroxyl groups excluding tert-OH is 3. The van der Waals surface area contributed by atoms with Gasteiger partial charge < -0.3 is 39.7 Å². The predicted octanol–water partition coefficient (Wildman–Crippen LogP) is 0.938. The van der Waals surface area contributed by atoms with Crippen LogP contribution in [0.1, 0.15) is 18.4 Å². The third kappa shape index (κ3) is 5.12. The summed E-state index contributed by atoms with van der Waals surface area (Å²) in [5.41, 5.74) is 0.585. The lowest BCUT2D eigenvalue weighted by atomic mass is 9.99. The molecule has 1 heterocycles. The number of hydrogen-bond acceptors (Lipinski definition) is 8. The van der Waals surface area contributed by atoms with Gasteiger partial charge in [-0.05, 0) is 48.9 Å². The second kappa shape index (κ2) is 9.31. The largest absolute Gasteiger partial charge is 0.481 e. The number of carbonyl (C=O) groups is 2. The van der Waals surface area contributed by atoms with Crippen LogP contribution in [-0.4, -0.2) is 68.2 Å². The van der Waals surface area contributed by atoms with Gasteiger partial charge in [0.05, 0.1) is 5.92 Å². The first-order valence-corrected chi connectivity index (χ1v) is 9.37. The van der Waals surface area contributed by atoms with E-state index < -0.39 is 48.6 Å². The van der Waals surface area contributed by atoms with E-state index in [1.165, 1.54) is 24.3 Å². The molecule has 166 valence electrons. The smallest absolute Gasteiger partial charge is 0.335 e. The lowest BCUT2D eigenvalue weighted by molar-refractivity contribution is -0.271. The van der Waals surface area contributed by atoms with Gasteiger partial charge >= 0.3 is 11.9 Å². The molecule has 10 nitrogen and oxygen atoms in total. The van der Waals surface area contributed by atoms with E-state index in [1.807, 2.05) is 0 Å². The van der Waals surface area contributed by atoms with Crippen molar-refractivity contribution in [3.05, 3.63) is 54.1 Å². The Labute approximate surface area is 176 Å². The highest BCUT2D eigenvalue weighted by Gasteiger charge is 2.48. The van der Waals surface area contributed by atoms with Crippen molar-refractivity contribution in [1.29, 1.82) is 0 Å². The molecule has 2 aromatic rings. The Morgan fingerprint density at radius 2 is 1.55 bits per heavy atom. The topological polar surface area (TPSA) is 163 Å². The van der Waals surface area contributed by atoms with Gasteiger partial charge in [-0.1, -0.05) is 12.1 Å². The molecule has 6 atom stereocenters. The number of aliphatic carboxylic acids is 2. The number of rotatable bonds is 7. The highest BCUT2D eigenvalue weighted by molar-refractivity contribution is 5.75. The molecule has 2 aromatic carbocycles. The molecule has 1 fully saturated rings. The van der Waals surface area contributed by atoms with Crippen molar-refractivity contribution in [3.8, 4) is 17.2 Å². The number of carboxylic acids is 2. The van der Waals surface area contributed by atoms with E-state index in [1.54, 1.807) is 31.2 Å². The SMILES string of the molecule is CC(C(=O)O)c1cccc(Oc2ccc(O[C@@H]3O[C@H](C(=O)O)[C@@H](O)[C@H](O)[C@H]3O)cc2)c1. The molecule has 3 rings (SSSR count). The van der Waals surface area contributed by atoms with Crippen LogP contribution in [0.2, 0.25) is 0 Å². The zero-order valence-corrected chi connectivity index (χ0v) is 16.4. The second-order valence-electron chi connectivity index (χ2n) is 7.06. The molecule has 1 aliphatic heterocycles. The molecule has 1 aliphatic rings. The average molecular weight is 434 g/mol. The minimum absolute atomic E-state index is 0.192. The third-order valence-electron chi connectivity index (χ3n) is 4.85. The number of carboxylic acid groups (broad SMARTS) is 2. The van der Waals surface area contributed by atoms with Crippen LogP contribution in [0.3, 0.4) is 0 Å². The van der Waals surface area contributed by atoms with E-state index in [-0.39, 0.29) is 5.75 Å². The van der Waals surface area contributed by atoms with E-state index in [2.05, 4.69) is 0 Å². The maximum atomic E-state index is 11.2. The molecule has 0 spiro atoms. The maximum absolute atomic E-state index is 11.2. The zero-order valence-electron chi connectivity index (χ0n) is 16.4. The van der Waals surface area contributed by atoms with Gasteiger partial charge in [0, 0.05) is 0 Å². The number of hydrogen-bond donors (Lipinski definition) is 5. The standard InChI is InChI=1S/C21H22O10/c1-10(19(25)26)11-3-2-4-14(9-11)29-12-5-7-13(8-6-12)30-21-17(24)15(22)16(23)18(31-21)20(27)28/h2-10,15-18,21-24H,1H3,(H,25,26)(H,27,28)/t10?,15-,16-,17+,18-,21+/m0/s1. The minimum Gasteiger partial charge on any atom is -0.481 e. The van der Waals surface area contributed by atoms with Crippen molar-refractivity contribution in [2.24, 2.45) is 0 Å². The summed E-state index contributed by atoms with van der Waals surface area (Å²) >= 11 is 0. The fourth-order valence-corrected chi connectivity index (χ4v) is 3.00. The fraction of sp³-hybridized carbons (Fsp3) is 0.333. The Morgan fingerprint density at radius 3 is 2.16 bits per heavy atom. The molecule has 0 radical (unpaired) electrons. The van der Waals surface area contributed by atoms with Crippen LogP contribution in [-0.2, 0) is 14.3 Å². The molecule has 0 saturated carbocycles. The molecule has 0 bridgehead atoms. The van der Waals surface area contributed by atoms with Gasteiger partial charge in [0.1, 0.15) is 35.6 Å². The van der Waals surface area contributed by atoms with E-state index in [4.69, 9.17) is 24.4 Å². The van der Waals surface area contributed by atoms with Gasteiger partial charge in [0.15, 0.2) is 6.10 Å². The summed E-state index contributed by atoms with van der Waals surface area (Å²) in [6, 6.07) is 12.7. The van der Waals surface area contributed by atoms with Crippen LogP contribution in [0.25, 0.3) is 0 Å². The summed E-state index contributed by atoms with van der Waals surface area (Å²) < 4.78 is 16.2. The van der Waals surface area contributed by atoms with Gasteiger partial charge in [-0.2, -0.15) is 0 Å². The van der Waals surface area contributed by atoms with E-state index >= 15 is 0 Å². The molecule has 5 N–H and O–H groups in total. The monoisotopic (exact) mass is 434 g/mol. The van der Waals surface area contributed by atoms with Crippen molar-refractivity contribution >= 4 is 11.9 Å². The third-order valence-corrected chi connectivity index (χ3v) is 4.85. The number of benzene rings is 2. The first kappa shape index (κ1) is 22.5. The summed E-state index contributed by atoms with van der Waals surface area (Å²) in [6.45, 7) is 1.57. The van der Waals surface area contributed by atoms with Crippen molar-refractivity contribution in [1.82, 2.24) is 0 Å². The first-order valence-electron chi connectivity index (χ1n) is 9.37. The molecule has 1 saturated heterocycles. The normalized spacial score (nSPS) is 26.6. The maximum Gasteiger partial charge on any atom is 0.335 e. The van der Waals surface area contributed by atoms with Gasteiger partial charge in [-0.3, -0.25) is 4.79 Å². The quantitative estimate of drug-likeness (QED) is 0.424. The van der Waals surface area contributed by atoms with Gasteiger partial charge in [-0.15, -0.1) is 0 Å². The number of ether oxygens (including phenoxy) is 3. The number of aliphatic hydroxyl groups is 3. The van der Waals surface area contributed by atoms with Crippen LogP contribution in [0.15, 0.2) is 48.5 Å². The predicted molar refractivity (Wildman–Crippen MR) is 104 cm³/mol. The lowest BCUT2D eigenvalue weighted by Crippen LogP contribution is -2.61. The van der Waals surface area contributed by atoms with Crippen LogP contribution < -0.4 is 9.47 Å². The molecule has 10 heteroatoms. The second-order valence-corrected chi connectivity index (χ2v) is 7.06. The average Bonchev–Trinajstić information content (AvgIpc) is 2.74. The summed E-state index contributed by atoms with van der Waals surface area (Å²) in [7, 11) is 0. The molecule has 1 unspecified atom stereocenters. The molecule has 0 amide bonds. The Hall–Kier alpha value is -3.18. The first-order chi connectivity index (χ1) is 14.7. The van der Waals surface area contributed by atoms with E-state index in [9.17, 15) is 24.9 Å². The van der Waals surface area contributed by atoms with Gasteiger partial charge in [-0.25, -0.2) is 4.79 Å². The van der Waals surface area contributed by atoms with Crippen LogP contribution >= 0.6 is 0 Å². The summed E-state index contributed by atoms with van der Waals surface area (Å²) in [6.07, 6.45) is -8.50. The summed E-state index contributed by atoms with van der Waals surface area (Å²) in [4.78, 5) is 22.3. The van der Waals surface area contributed by atoms with Crippen molar-refractivity contribution in [3.63, 3.8) is 0 Å². The molecular formula is C21H22O10.